The Morgan fingerprint density at radius 3 is 3.00 bits per heavy atom. The number of ether oxygens (including phenoxy) is 1. The van der Waals surface area contributed by atoms with Crippen LogP contribution in [0.1, 0.15) is 11.4 Å². The first-order valence-corrected chi connectivity index (χ1v) is 7.85. The van der Waals surface area contributed by atoms with Crippen LogP contribution in [0.25, 0.3) is 0 Å². The van der Waals surface area contributed by atoms with Gasteiger partial charge in [-0.05, 0) is 11.6 Å². The summed E-state index contributed by atoms with van der Waals surface area (Å²) >= 11 is 0. The van der Waals surface area contributed by atoms with Crippen molar-refractivity contribution in [2.24, 2.45) is 0 Å². The summed E-state index contributed by atoms with van der Waals surface area (Å²) in [6.45, 7) is 1.63. The molecule has 0 unspecified atom stereocenters. The van der Waals surface area contributed by atoms with Crippen LogP contribution in [0.3, 0.4) is 0 Å². The van der Waals surface area contributed by atoms with Crippen LogP contribution in [0, 0.1) is 0 Å². The second-order valence-corrected chi connectivity index (χ2v) is 5.37. The van der Waals surface area contributed by atoms with Crippen LogP contribution in [-0.4, -0.2) is 52.7 Å². The number of hydrogen-bond donors (Lipinski definition) is 3. The van der Waals surface area contributed by atoms with Crippen LogP contribution in [0.2, 0.25) is 0 Å². The monoisotopic (exact) mass is 346 g/mol. The van der Waals surface area contributed by atoms with E-state index in [0.29, 0.717) is 38.5 Å². The standard InChI is InChI=1S/C16H22N6O3/c1-25-8-7-22(11-12-3-2-5-18-10-12)16(24)19-6-4-14-20-13(17)9-15(23)21-14/h2-3,5,9-10H,4,6-8,11H2,1H3,(H,19,24)(H3,17,20,21,23). The van der Waals surface area contributed by atoms with E-state index < -0.39 is 0 Å². The number of rotatable bonds is 8. The maximum atomic E-state index is 12.4. The van der Waals surface area contributed by atoms with Gasteiger partial charge in [0.2, 0.25) is 0 Å². The molecule has 0 aliphatic heterocycles. The number of aromatic amines is 1. The summed E-state index contributed by atoms with van der Waals surface area (Å²) in [5, 5.41) is 2.81. The Kier molecular flexibility index (Phi) is 6.90. The van der Waals surface area contributed by atoms with Gasteiger partial charge in [0.05, 0.1) is 6.61 Å². The lowest BCUT2D eigenvalue weighted by molar-refractivity contribution is 0.146. The van der Waals surface area contributed by atoms with Crippen molar-refractivity contribution in [1.29, 1.82) is 0 Å². The largest absolute Gasteiger partial charge is 0.383 e. The fourth-order valence-electron chi connectivity index (χ4n) is 2.21. The molecular weight excluding hydrogens is 324 g/mol. The van der Waals surface area contributed by atoms with Gasteiger partial charge in [0, 0.05) is 51.6 Å². The van der Waals surface area contributed by atoms with Gasteiger partial charge in [-0.3, -0.25) is 9.78 Å². The molecule has 0 aromatic carbocycles. The van der Waals surface area contributed by atoms with Gasteiger partial charge in [-0.25, -0.2) is 9.78 Å². The molecule has 0 saturated carbocycles. The van der Waals surface area contributed by atoms with Crippen molar-refractivity contribution >= 4 is 11.8 Å². The van der Waals surface area contributed by atoms with E-state index in [1.54, 1.807) is 24.4 Å². The van der Waals surface area contributed by atoms with Crippen LogP contribution in [0.5, 0.6) is 0 Å². The number of nitrogens with two attached hydrogens (primary N) is 1. The Balaban J connectivity index is 1.90. The normalized spacial score (nSPS) is 10.4. The maximum absolute atomic E-state index is 12.4. The van der Waals surface area contributed by atoms with Gasteiger partial charge in [-0.2, -0.15) is 0 Å². The summed E-state index contributed by atoms with van der Waals surface area (Å²) in [5.74, 6) is 0.587. The molecule has 134 valence electrons. The van der Waals surface area contributed by atoms with E-state index in [0.717, 1.165) is 5.56 Å². The SMILES string of the molecule is COCCN(Cc1cccnc1)C(=O)NCCc1nc(N)cc(=O)[nH]1. The third kappa shape index (κ3) is 6.22. The maximum Gasteiger partial charge on any atom is 0.317 e. The van der Waals surface area contributed by atoms with E-state index in [1.165, 1.54) is 6.07 Å². The number of urea groups is 1. The number of aromatic nitrogens is 3. The minimum absolute atomic E-state index is 0.156. The van der Waals surface area contributed by atoms with Gasteiger partial charge < -0.3 is 25.7 Å². The third-order valence-corrected chi connectivity index (χ3v) is 3.40. The van der Waals surface area contributed by atoms with Crippen molar-refractivity contribution < 1.29 is 9.53 Å². The van der Waals surface area contributed by atoms with E-state index in [-0.39, 0.29) is 17.4 Å². The fourth-order valence-corrected chi connectivity index (χ4v) is 2.21. The van der Waals surface area contributed by atoms with Gasteiger partial charge >= 0.3 is 6.03 Å². The number of pyridine rings is 1. The number of H-pyrrole nitrogens is 1. The van der Waals surface area contributed by atoms with Crippen molar-refractivity contribution in [1.82, 2.24) is 25.2 Å². The van der Waals surface area contributed by atoms with Crippen LogP contribution >= 0.6 is 0 Å². The van der Waals surface area contributed by atoms with Gasteiger partial charge in [0.15, 0.2) is 0 Å². The molecule has 0 saturated heterocycles. The number of amides is 2. The predicted molar refractivity (Wildman–Crippen MR) is 92.9 cm³/mol. The Hall–Kier alpha value is -2.94. The van der Waals surface area contributed by atoms with Crippen LogP contribution < -0.4 is 16.6 Å². The summed E-state index contributed by atoms with van der Waals surface area (Å²) < 4.78 is 5.06. The number of hydrogen-bond acceptors (Lipinski definition) is 6. The number of anilines is 1. The number of methoxy groups -OCH3 is 1. The van der Waals surface area contributed by atoms with Crippen LogP contribution in [-0.2, 0) is 17.7 Å². The molecule has 25 heavy (non-hydrogen) atoms. The zero-order valence-electron chi connectivity index (χ0n) is 14.1. The summed E-state index contributed by atoms with van der Waals surface area (Å²) in [5.41, 5.74) is 6.15. The topological polar surface area (TPSA) is 126 Å². The van der Waals surface area contributed by atoms with E-state index in [1.807, 2.05) is 12.1 Å². The highest BCUT2D eigenvalue weighted by atomic mass is 16.5. The lowest BCUT2D eigenvalue weighted by atomic mass is 10.2. The molecule has 0 bridgehead atoms. The van der Waals surface area contributed by atoms with Gasteiger partial charge in [0.25, 0.3) is 5.56 Å². The molecule has 9 nitrogen and oxygen atoms in total. The van der Waals surface area contributed by atoms with E-state index in [2.05, 4.69) is 20.3 Å². The minimum atomic E-state index is -0.313. The molecule has 0 atom stereocenters. The Bertz CT molecular complexity index is 734. The number of carbonyl (C=O) groups is 1. The average Bonchev–Trinajstić information content (AvgIpc) is 2.58. The summed E-state index contributed by atoms with van der Waals surface area (Å²) in [7, 11) is 1.59. The first kappa shape index (κ1) is 18.4. The predicted octanol–water partition coefficient (Wildman–Crippen LogP) is 0.148. The fraction of sp³-hybridized carbons (Fsp3) is 0.375. The lowest BCUT2D eigenvalue weighted by Gasteiger charge is -2.22. The van der Waals surface area contributed by atoms with Crippen LogP contribution in [0.4, 0.5) is 10.6 Å². The molecule has 0 spiro atoms. The summed E-state index contributed by atoms with van der Waals surface area (Å²) in [4.78, 5) is 36.0. The summed E-state index contributed by atoms with van der Waals surface area (Å²) in [6, 6.07) is 4.71. The molecule has 2 heterocycles. The van der Waals surface area contributed by atoms with Gasteiger partial charge in [-0.1, -0.05) is 6.07 Å². The smallest absolute Gasteiger partial charge is 0.317 e. The second kappa shape index (κ2) is 9.38. The molecule has 0 radical (unpaired) electrons. The van der Waals surface area contributed by atoms with Crippen molar-refractivity contribution in [3.63, 3.8) is 0 Å². The average molecular weight is 346 g/mol. The molecule has 0 aliphatic rings. The third-order valence-electron chi connectivity index (χ3n) is 3.40. The highest BCUT2D eigenvalue weighted by Crippen LogP contribution is 2.03. The molecule has 2 rings (SSSR count). The molecule has 2 amide bonds. The van der Waals surface area contributed by atoms with Crippen molar-refractivity contribution in [2.75, 3.05) is 32.5 Å². The highest BCUT2D eigenvalue weighted by molar-refractivity contribution is 5.74. The molecule has 0 fully saturated rings. The number of carbonyl (C=O) groups excluding carboxylic acids is 1. The Morgan fingerprint density at radius 2 is 2.32 bits per heavy atom. The molecule has 4 N–H and O–H groups in total. The quantitative estimate of drug-likeness (QED) is 0.624. The molecule has 0 aliphatic carbocycles. The van der Waals surface area contributed by atoms with Crippen molar-refractivity contribution in [3.05, 3.63) is 52.3 Å². The zero-order valence-corrected chi connectivity index (χ0v) is 14.1. The van der Waals surface area contributed by atoms with Gasteiger partial charge in [-0.15, -0.1) is 0 Å². The van der Waals surface area contributed by atoms with Crippen molar-refractivity contribution in [3.8, 4) is 0 Å². The molecule has 2 aromatic heterocycles. The first-order chi connectivity index (χ1) is 12.1. The van der Waals surface area contributed by atoms with Gasteiger partial charge in [0.1, 0.15) is 11.6 Å². The molecule has 9 heteroatoms. The Labute approximate surface area is 145 Å². The zero-order chi connectivity index (χ0) is 18.1. The minimum Gasteiger partial charge on any atom is -0.383 e. The highest BCUT2D eigenvalue weighted by Gasteiger charge is 2.13. The summed E-state index contributed by atoms with van der Waals surface area (Å²) in [6.07, 6.45) is 3.77. The van der Waals surface area contributed by atoms with E-state index >= 15 is 0 Å². The lowest BCUT2D eigenvalue weighted by Crippen LogP contribution is -2.42. The molecule has 2 aromatic rings. The number of nitrogens with one attached hydrogen (secondary N) is 2. The first-order valence-electron chi connectivity index (χ1n) is 7.85. The number of nitrogens with zero attached hydrogens (tertiary/aromatic N) is 3. The second-order valence-electron chi connectivity index (χ2n) is 5.37. The van der Waals surface area contributed by atoms with E-state index in [9.17, 15) is 9.59 Å². The van der Waals surface area contributed by atoms with Crippen molar-refractivity contribution in [2.45, 2.75) is 13.0 Å². The number of nitrogen functional groups attached to an aromatic ring is 1. The van der Waals surface area contributed by atoms with E-state index in [4.69, 9.17) is 10.5 Å². The van der Waals surface area contributed by atoms with Crippen LogP contribution in [0.15, 0.2) is 35.4 Å². The Morgan fingerprint density at radius 1 is 1.48 bits per heavy atom. The molecular formula is C16H22N6O3.